The van der Waals surface area contributed by atoms with E-state index in [2.05, 4.69) is 39.8 Å². The van der Waals surface area contributed by atoms with Gasteiger partial charge in [-0.2, -0.15) is 0 Å². The topological polar surface area (TPSA) is 29.5 Å². The number of hydrogen-bond donors (Lipinski definition) is 1. The van der Waals surface area contributed by atoms with Gasteiger partial charge in [0.2, 0.25) is 0 Å². The molecule has 0 atom stereocenters. The molecule has 1 rings (SSSR count). The Labute approximate surface area is 117 Å². The molecule has 0 bridgehead atoms. The van der Waals surface area contributed by atoms with E-state index < -0.39 is 0 Å². The molecule has 2 heteroatoms. The van der Waals surface area contributed by atoms with Crippen molar-refractivity contribution in [1.82, 2.24) is 0 Å². The van der Waals surface area contributed by atoms with Gasteiger partial charge in [-0.3, -0.25) is 0 Å². The molecule has 0 radical (unpaired) electrons. The monoisotopic (exact) mass is 264 g/mol. The zero-order valence-electron chi connectivity index (χ0n) is 13.0. The molecule has 0 aliphatic rings. The summed E-state index contributed by atoms with van der Waals surface area (Å²) >= 11 is 0. The number of aromatic hydroxyl groups is 1. The number of phenolic OH excluding ortho intramolecular Hbond substituents is 1. The highest BCUT2D eigenvalue weighted by Gasteiger charge is 2.12. The molecular formula is C17H28O2. The Balaban J connectivity index is 3.06. The lowest BCUT2D eigenvalue weighted by Crippen LogP contribution is -2.03. The average molecular weight is 264 g/mol. The van der Waals surface area contributed by atoms with E-state index in [1.807, 2.05) is 6.92 Å². The van der Waals surface area contributed by atoms with Gasteiger partial charge < -0.3 is 9.84 Å². The summed E-state index contributed by atoms with van der Waals surface area (Å²) in [6.45, 7) is 12.1. The summed E-state index contributed by atoms with van der Waals surface area (Å²) in [5, 5.41) is 10.4. The van der Waals surface area contributed by atoms with E-state index in [1.165, 1.54) is 5.56 Å². The summed E-state index contributed by atoms with van der Waals surface area (Å²) < 4.78 is 5.50. The van der Waals surface area contributed by atoms with Crippen molar-refractivity contribution in [2.45, 2.75) is 54.1 Å². The molecule has 0 spiro atoms. The Bertz CT molecular complexity index is 363. The SMILES string of the molecule is CCOCc1cc(CC(C)C)c(O)c(CC(C)C)c1. The maximum absolute atomic E-state index is 10.4. The van der Waals surface area contributed by atoms with Gasteiger partial charge in [-0.15, -0.1) is 0 Å². The van der Waals surface area contributed by atoms with Crippen LogP contribution in [0.2, 0.25) is 0 Å². The van der Waals surface area contributed by atoms with Gasteiger partial charge >= 0.3 is 0 Å². The van der Waals surface area contributed by atoms with Crippen LogP contribution in [-0.4, -0.2) is 11.7 Å². The summed E-state index contributed by atoms with van der Waals surface area (Å²) in [5.41, 5.74) is 3.29. The predicted molar refractivity (Wildman–Crippen MR) is 80.5 cm³/mol. The molecule has 0 saturated heterocycles. The fourth-order valence-corrected chi connectivity index (χ4v) is 2.33. The molecule has 19 heavy (non-hydrogen) atoms. The number of benzene rings is 1. The number of ether oxygens (including phenoxy) is 1. The lowest BCUT2D eigenvalue weighted by molar-refractivity contribution is 0.134. The van der Waals surface area contributed by atoms with E-state index in [4.69, 9.17) is 4.74 Å². The molecule has 2 nitrogen and oxygen atoms in total. The second kappa shape index (κ2) is 7.54. The summed E-state index contributed by atoms with van der Waals surface area (Å²) in [7, 11) is 0. The minimum Gasteiger partial charge on any atom is -0.507 e. The summed E-state index contributed by atoms with van der Waals surface area (Å²) in [6, 6.07) is 4.18. The van der Waals surface area contributed by atoms with Crippen molar-refractivity contribution >= 4 is 0 Å². The second-order valence-corrected chi connectivity index (χ2v) is 6.10. The van der Waals surface area contributed by atoms with Crippen molar-refractivity contribution in [3.63, 3.8) is 0 Å². The van der Waals surface area contributed by atoms with Gasteiger partial charge in [0, 0.05) is 6.61 Å². The molecule has 0 aromatic heterocycles. The van der Waals surface area contributed by atoms with Crippen molar-refractivity contribution < 1.29 is 9.84 Å². The average Bonchev–Trinajstić information content (AvgIpc) is 2.30. The molecular weight excluding hydrogens is 236 g/mol. The van der Waals surface area contributed by atoms with Crippen LogP contribution in [0, 0.1) is 11.8 Å². The molecule has 108 valence electrons. The number of phenols is 1. The largest absolute Gasteiger partial charge is 0.507 e. The fourth-order valence-electron chi connectivity index (χ4n) is 2.33. The van der Waals surface area contributed by atoms with Gasteiger partial charge in [0.05, 0.1) is 6.61 Å². The van der Waals surface area contributed by atoms with Crippen LogP contribution in [0.5, 0.6) is 5.75 Å². The lowest BCUT2D eigenvalue weighted by atomic mass is 9.93. The smallest absolute Gasteiger partial charge is 0.121 e. The van der Waals surface area contributed by atoms with Gasteiger partial charge in [0.25, 0.3) is 0 Å². The van der Waals surface area contributed by atoms with Crippen molar-refractivity contribution in [2.24, 2.45) is 11.8 Å². The van der Waals surface area contributed by atoms with Gasteiger partial charge in [-0.1, -0.05) is 27.7 Å². The van der Waals surface area contributed by atoms with Crippen molar-refractivity contribution in [3.05, 3.63) is 28.8 Å². The molecule has 0 fully saturated rings. The Kier molecular flexibility index (Phi) is 6.36. The Morgan fingerprint density at radius 3 is 1.84 bits per heavy atom. The molecule has 0 unspecified atom stereocenters. The van der Waals surface area contributed by atoms with Crippen LogP contribution in [0.1, 0.15) is 51.3 Å². The van der Waals surface area contributed by atoms with E-state index in [0.717, 1.165) is 30.6 Å². The third-order valence-electron chi connectivity index (χ3n) is 3.06. The molecule has 1 N–H and O–H groups in total. The van der Waals surface area contributed by atoms with Gasteiger partial charge in [0.15, 0.2) is 0 Å². The molecule has 1 aromatic carbocycles. The maximum Gasteiger partial charge on any atom is 0.121 e. The quantitative estimate of drug-likeness (QED) is 0.794. The molecule has 0 heterocycles. The lowest BCUT2D eigenvalue weighted by Gasteiger charge is -2.16. The zero-order valence-corrected chi connectivity index (χ0v) is 13.0. The first-order chi connectivity index (χ1) is 8.93. The first-order valence-electron chi connectivity index (χ1n) is 7.35. The van der Waals surface area contributed by atoms with Crippen molar-refractivity contribution in [2.75, 3.05) is 6.61 Å². The van der Waals surface area contributed by atoms with Crippen LogP contribution in [0.15, 0.2) is 12.1 Å². The number of hydrogen-bond acceptors (Lipinski definition) is 2. The minimum atomic E-state index is 0.489. The van der Waals surface area contributed by atoms with E-state index >= 15 is 0 Å². The van der Waals surface area contributed by atoms with E-state index in [9.17, 15) is 5.11 Å². The highest BCUT2D eigenvalue weighted by molar-refractivity contribution is 5.44. The molecule has 1 aromatic rings. The van der Waals surface area contributed by atoms with E-state index in [1.54, 1.807) is 0 Å². The summed E-state index contributed by atoms with van der Waals surface area (Å²) in [5.74, 6) is 1.57. The summed E-state index contributed by atoms with van der Waals surface area (Å²) in [6.07, 6.45) is 1.83. The first kappa shape index (κ1) is 16.0. The molecule has 0 saturated carbocycles. The number of rotatable bonds is 7. The van der Waals surface area contributed by atoms with Crippen LogP contribution in [0.3, 0.4) is 0 Å². The van der Waals surface area contributed by atoms with E-state index in [-0.39, 0.29) is 0 Å². The fraction of sp³-hybridized carbons (Fsp3) is 0.647. The molecule has 0 amide bonds. The summed E-state index contributed by atoms with van der Waals surface area (Å²) in [4.78, 5) is 0. The van der Waals surface area contributed by atoms with Crippen molar-refractivity contribution in [3.8, 4) is 5.75 Å². The van der Waals surface area contributed by atoms with Crippen LogP contribution < -0.4 is 0 Å². The Morgan fingerprint density at radius 1 is 1.00 bits per heavy atom. The van der Waals surface area contributed by atoms with Crippen LogP contribution in [-0.2, 0) is 24.2 Å². The standard InChI is InChI=1S/C17H28O2/c1-6-19-11-14-9-15(7-12(2)3)17(18)16(10-14)8-13(4)5/h9-10,12-13,18H,6-8,11H2,1-5H3. The Hall–Kier alpha value is -1.02. The van der Waals surface area contributed by atoms with Crippen LogP contribution in [0.4, 0.5) is 0 Å². The highest BCUT2D eigenvalue weighted by atomic mass is 16.5. The molecule has 0 aliphatic heterocycles. The van der Waals surface area contributed by atoms with Crippen molar-refractivity contribution in [1.29, 1.82) is 0 Å². The van der Waals surface area contributed by atoms with Crippen LogP contribution in [0.25, 0.3) is 0 Å². The van der Waals surface area contributed by atoms with Gasteiger partial charge in [-0.05, 0) is 60.4 Å². The normalized spacial score (nSPS) is 11.5. The predicted octanol–water partition coefficient (Wildman–Crippen LogP) is 4.33. The van der Waals surface area contributed by atoms with Gasteiger partial charge in [-0.25, -0.2) is 0 Å². The van der Waals surface area contributed by atoms with Gasteiger partial charge in [0.1, 0.15) is 5.75 Å². The highest BCUT2D eigenvalue weighted by Crippen LogP contribution is 2.29. The Morgan fingerprint density at radius 2 is 1.47 bits per heavy atom. The van der Waals surface area contributed by atoms with Crippen LogP contribution >= 0.6 is 0 Å². The maximum atomic E-state index is 10.4. The minimum absolute atomic E-state index is 0.489. The zero-order chi connectivity index (χ0) is 14.4. The third-order valence-corrected chi connectivity index (χ3v) is 3.06. The first-order valence-corrected chi connectivity index (χ1v) is 7.35. The third kappa shape index (κ3) is 5.23. The second-order valence-electron chi connectivity index (χ2n) is 6.10. The van der Waals surface area contributed by atoms with E-state index in [0.29, 0.717) is 24.2 Å². The molecule has 0 aliphatic carbocycles.